The second-order valence-corrected chi connectivity index (χ2v) is 6.42. The van der Waals surface area contributed by atoms with E-state index in [1.165, 1.54) is 0 Å². The third kappa shape index (κ3) is 4.37. The first-order valence-electron chi connectivity index (χ1n) is 6.63. The van der Waals surface area contributed by atoms with E-state index in [1.54, 1.807) is 6.07 Å². The van der Waals surface area contributed by atoms with Gasteiger partial charge in [-0.3, -0.25) is 9.19 Å². The molecule has 1 aromatic heterocycles. The third-order valence-corrected chi connectivity index (χ3v) is 4.45. The molecule has 2 aromatic rings. The number of halogens is 7. The molecule has 0 saturated heterocycles. The first-order chi connectivity index (χ1) is 11.9. The smallest absolute Gasteiger partial charge is 0.256 e. The molecule has 3 nitrogen and oxygen atoms in total. The molecule has 0 spiro atoms. The number of aromatic nitrogens is 1. The van der Waals surface area contributed by atoms with Crippen molar-refractivity contribution in [3.8, 4) is 6.07 Å². The summed E-state index contributed by atoms with van der Waals surface area (Å²) < 4.78 is 103. The molecule has 2 rings (SSSR count). The van der Waals surface area contributed by atoms with Crippen LogP contribution in [-0.4, -0.2) is 9.19 Å². The van der Waals surface area contributed by atoms with Crippen LogP contribution in [0.5, 0.6) is 0 Å². The molecule has 1 heterocycles. The van der Waals surface area contributed by atoms with Gasteiger partial charge in [0.2, 0.25) is 5.50 Å². The highest BCUT2D eigenvalue weighted by Gasteiger charge is 2.38. The van der Waals surface area contributed by atoms with Gasteiger partial charge in [0, 0.05) is 11.1 Å². The predicted molar refractivity (Wildman–Crippen MR) is 75.7 cm³/mol. The van der Waals surface area contributed by atoms with E-state index in [9.17, 15) is 34.9 Å². The lowest BCUT2D eigenvalue weighted by Gasteiger charge is -2.15. The summed E-state index contributed by atoms with van der Waals surface area (Å²) in [5, 5.41) is 8.61. The largest absolute Gasteiger partial charge is 0.416 e. The van der Waals surface area contributed by atoms with Gasteiger partial charge in [-0.25, -0.2) is 4.39 Å². The van der Waals surface area contributed by atoms with Crippen LogP contribution in [0.3, 0.4) is 0 Å². The Morgan fingerprint density at radius 1 is 1.00 bits per heavy atom. The molecule has 2 atom stereocenters. The Morgan fingerprint density at radius 2 is 1.54 bits per heavy atom. The van der Waals surface area contributed by atoms with Crippen molar-refractivity contribution in [2.45, 2.75) is 22.8 Å². The zero-order valence-corrected chi connectivity index (χ0v) is 13.2. The zero-order chi connectivity index (χ0) is 19.7. The first-order valence-corrected chi connectivity index (χ1v) is 7.85. The molecule has 0 saturated carbocycles. The number of rotatable bonds is 3. The molecule has 26 heavy (non-hydrogen) atoms. The van der Waals surface area contributed by atoms with Crippen molar-refractivity contribution in [3.05, 3.63) is 58.9 Å². The van der Waals surface area contributed by atoms with Crippen molar-refractivity contribution in [2.75, 3.05) is 0 Å². The van der Waals surface area contributed by atoms with Gasteiger partial charge in [-0.05, 0) is 30.3 Å². The number of nitriles is 1. The van der Waals surface area contributed by atoms with Crippen molar-refractivity contribution >= 4 is 10.8 Å². The summed E-state index contributed by atoms with van der Waals surface area (Å²) >= 11 is 0. The van der Waals surface area contributed by atoms with Crippen molar-refractivity contribution in [1.82, 2.24) is 4.98 Å². The Hall–Kier alpha value is -2.48. The van der Waals surface area contributed by atoms with Crippen LogP contribution in [0.1, 0.15) is 27.9 Å². The Morgan fingerprint density at radius 3 is 1.92 bits per heavy atom. The second-order valence-electron chi connectivity index (χ2n) is 4.94. The SMILES string of the molecule is N#Cc1ccc(C(F)S(=O)c2cc(C(F)(F)F)cc(C(F)(F)F)c2)nc1. The molecule has 0 radical (unpaired) electrons. The molecule has 138 valence electrons. The van der Waals surface area contributed by atoms with Gasteiger partial charge in [-0.1, -0.05) is 0 Å². The summed E-state index contributed by atoms with van der Waals surface area (Å²) in [6.07, 6.45) is -9.34. The monoisotopic (exact) mass is 396 g/mol. The highest BCUT2D eigenvalue weighted by atomic mass is 32.2. The topological polar surface area (TPSA) is 53.8 Å². The quantitative estimate of drug-likeness (QED) is 0.703. The minimum atomic E-state index is -5.14. The van der Waals surface area contributed by atoms with E-state index in [0.717, 1.165) is 18.3 Å². The van der Waals surface area contributed by atoms with E-state index in [-0.39, 0.29) is 23.8 Å². The minimum absolute atomic E-state index is 0.0464. The summed E-state index contributed by atoms with van der Waals surface area (Å²) in [5.41, 5.74) is -6.32. The lowest BCUT2D eigenvalue weighted by Crippen LogP contribution is -2.13. The maximum Gasteiger partial charge on any atom is 0.416 e. The number of alkyl halides is 7. The summed E-state index contributed by atoms with van der Waals surface area (Å²) in [7, 11) is -2.89. The lowest BCUT2D eigenvalue weighted by atomic mass is 10.1. The van der Waals surface area contributed by atoms with Gasteiger partial charge in [-0.2, -0.15) is 31.6 Å². The van der Waals surface area contributed by atoms with Crippen molar-refractivity contribution in [1.29, 1.82) is 5.26 Å². The fraction of sp³-hybridized carbons (Fsp3) is 0.200. The third-order valence-electron chi connectivity index (χ3n) is 3.13. The van der Waals surface area contributed by atoms with Crippen LogP contribution in [0, 0.1) is 11.3 Å². The molecule has 0 aliphatic heterocycles. The summed E-state index contributed by atoms with van der Waals surface area (Å²) in [5.74, 6) is 0. The molecule has 1 aromatic carbocycles. The Bertz CT molecular complexity index is 837. The number of hydrogen-bond acceptors (Lipinski definition) is 3. The van der Waals surface area contributed by atoms with E-state index < -0.39 is 50.4 Å². The van der Waals surface area contributed by atoms with Crippen molar-refractivity contribution in [2.24, 2.45) is 0 Å². The molecule has 11 heteroatoms. The molecule has 2 unspecified atom stereocenters. The summed E-state index contributed by atoms with van der Waals surface area (Å²) in [6.45, 7) is 0. The van der Waals surface area contributed by atoms with Crippen LogP contribution in [-0.2, 0) is 23.2 Å². The Kier molecular flexibility index (Phi) is 5.36. The molecular weight excluding hydrogens is 389 g/mol. The molecule has 0 fully saturated rings. The van der Waals surface area contributed by atoms with Gasteiger partial charge in [0.15, 0.2) is 0 Å². The lowest BCUT2D eigenvalue weighted by molar-refractivity contribution is -0.143. The summed E-state index contributed by atoms with van der Waals surface area (Å²) in [4.78, 5) is 2.52. The molecule has 0 bridgehead atoms. The molecule has 0 amide bonds. The van der Waals surface area contributed by atoms with Crippen LogP contribution < -0.4 is 0 Å². The van der Waals surface area contributed by atoms with E-state index in [2.05, 4.69) is 4.98 Å². The zero-order valence-electron chi connectivity index (χ0n) is 12.4. The van der Waals surface area contributed by atoms with Gasteiger partial charge in [0.25, 0.3) is 0 Å². The van der Waals surface area contributed by atoms with E-state index in [4.69, 9.17) is 5.26 Å². The highest BCUT2D eigenvalue weighted by molar-refractivity contribution is 7.85. The number of pyridine rings is 1. The first kappa shape index (κ1) is 19.8. The maximum atomic E-state index is 14.3. The predicted octanol–water partition coefficient (Wildman–Crippen LogP) is 4.77. The Labute approximate surface area is 144 Å². The summed E-state index contributed by atoms with van der Waals surface area (Å²) in [6, 6.07) is 4.03. The Balaban J connectivity index is 2.48. The van der Waals surface area contributed by atoms with Gasteiger partial charge < -0.3 is 0 Å². The molecule has 0 aliphatic rings. The van der Waals surface area contributed by atoms with E-state index >= 15 is 0 Å². The van der Waals surface area contributed by atoms with E-state index in [0.29, 0.717) is 0 Å². The van der Waals surface area contributed by atoms with Crippen molar-refractivity contribution in [3.63, 3.8) is 0 Å². The number of hydrogen-bond donors (Lipinski definition) is 0. The van der Waals surface area contributed by atoms with E-state index in [1.807, 2.05) is 0 Å². The van der Waals surface area contributed by atoms with Gasteiger partial charge >= 0.3 is 12.4 Å². The fourth-order valence-electron chi connectivity index (χ4n) is 1.88. The van der Waals surface area contributed by atoms with Crippen LogP contribution in [0.25, 0.3) is 0 Å². The van der Waals surface area contributed by atoms with Crippen LogP contribution in [0.2, 0.25) is 0 Å². The van der Waals surface area contributed by atoms with Crippen LogP contribution in [0.15, 0.2) is 41.4 Å². The van der Waals surface area contributed by atoms with Crippen molar-refractivity contribution < 1.29 is 34.9 Å². The average molecular weight is 396 g/mol. The van der Waals surface area contributed by atoms with Gasteiger partial charge in [-0.15, -0.1) is 0 Å². The number of benzene rings is 1. The molecule has 0 aliphatic carbocycles. The second kappa shape index (κ2) is 7.03. The normalized spacial score (nSPS) is 14.5. The van der Waals surface area contributed by atoms with Crippen LogP contribution in [0.4, 0.5) is 30.7 Å². The van der Waals surface area contributed by atoms with Gasteiger partial charge in [0.1, 0.15) is 6.07 Å². The fourth-order valence-corrected chi connectivity index (χ4v) is 2.96. The number of nitrogens with zero attached hydrogens (tertiary/aromatic N) is 2. The van der Waals surface area contributed by atoms with Gasteiger partial charge in [0.05, 0.1) is 33.2 Å². The average Bonchev–Trinajstić information content (AvgIpc) is 2.58. The minimum Gasteiger partial charge on any atom is -0.256 e. The highest BCUT2D eigenvalue weighted by Crippen LogP contribution is 2.38. The molecule has 0 N–H and O–H groups in total. The maximum absolute atomic E-state index is 14.3. The van der Waals surface area contributed by atoms with Crippen LogP contribution >= 0.6 is 0 Å². The standard InChI is InChI=1S/C15H7F7N2OS/c16-13(12-2-1-8(6-23)7-24-12)26(25)11-4-9(14(17,18)19)3-10(5-11)15(20,21)22/h1-5,7,13H. The molecular formula is C15H7F7N2OS.